The van der Waals surface area contributed by atoms with Gasteiger partial charge in [-0.05, 0) is 6.07 Å². The number of nitrogens with zero attached hydrogens (tertiary/aromatic N) is 5. The van der Waals surface area contributed by atoms with E-state index in [1.807, 2.05) is 36.1 Å². The lowest BCUT2D eigenvalue weighted by Gasteiger charge is -2.07. The topological polar surface area (TPSA) is 111 Å². The molecule has 0 aromatic carbocycles. The first-order valence-electron chi connectivity index (χ1n) is 9.91. The number of methoxy groups -OCH3 is 1. The summed E-state index contributed by atoms with van der Waals surface area (Å²) >= 11 is 2.26. The Morgan fingerprint density at radius 2 is 1.56 bits per heavy atom. The molecule has 0 fully saturated rings. The molecule has 13 heteroatoms. The van der Waals surface area contributed by atoms with E-state index in [4.69, 9.17) is 28.4 Å². The zero-order valence-corrected chi connectivity index (χ0v) is 19.6. The molecule has 0 spiro atoms. The van der Waals surface area contributed by atoms with Crippen molar-refractivity contribution in [2.45, 2.75) is 0 Å². The van der Waals surface area contributed by atoms with E-state index in [0.717, 1.165) is 34.5 Å². The third kappa shape index (κ3) is 8.24. The Morgan fingerprint density at radius 1 is 0.875 bits per heavy atom. The Labute approximate surface area is 194 Å². The molecular weight excluding hydrogens is 458 g/mol. The van der Waals surface area contributed by atoms with E-state index in [1.165, 1.54) is 7.11 Å². The van der Waals surface area contributed by atoms with E-state index in [9.17, 15) is 0 Å². The van der Waals surface area contributed by atoms with E-state index < -0.39 is 0 Å². The van der Waals surface area contributed by atoms with Crippen molar-refractivity contribution >= 4 is 23.3 Å². The van der Waals surface area contributed by atoms with Crippen LogP contribution in [0.4, 0.5) is 0 Å². The predicted molar refractivity (Wildman–Crippen MR) is 116 cm³/mol. The number of hydrogen-bond acceptors (Lipinski definition) is 12. The van der Waals surface area contributed by atoms with Crippen molar-refractivity contribution in [3.8, 4) is 28.3 Å². The van der Waals surface area contributed by atoms with Gasteiger partial charge in [-0.25, -0.2) is 4.57 Å². The molecule has 3 rings (SSSR count). The van der Waals surface area contributed by atoms with E-state index in [1.54, 1.807) is 0 Å². The fourth-order valence-electron chi connectivity index (χ4n) is 2.45. The van der Waals surface area contributed by atoms with Crippen LogP contribution in [0, 0.1) is 0 Å². The van der Waals surface area contributed by atoms with Crippen molar-refractivity contribution in [3.63, 3.8) is 0 Å². The number of aromatic nitrogens is 5. The maximum atomic E-state index is 5.71. The van der Waals surface area contributed by atoms with Crippen LogP contribution in [0.15, 0.2) is 24.5 Å². The standard InChI is InChI=1S/C19H26N5O6S2/c1-24-5-3-4-15(14-24)16-17(22-32-21-16)29-12-10-27-8-6-26-7-9-28-11-13-30-19-20-18(25-2)23-31-19/h3-5,14H,6-13H2,1-2H3/q+1. The van der Waals surface area contributed by atoms with Gasteiger partial charge in [-0.15, -0.1) is 13.7 Å². The minimum absolute atomic E-state index is 0.305. The zero-order valence-electron chi connectivity index (χ0n) is 18.0. The van der Waals surface area contributed by atoms with Crippen LogP contribution in [0.25, 0.3) is 11.3 Å². The van der Waals surface area contributed by atoms with E-state index in [-0.39, 0.29) is 0 Å². The molecule has 3 heterocycles. The van der Waals surface area contributed by atoms with E-state index >= 15 is 0 Å². The predicted octanol–water partition coefficient (Wildman–Crippen LogP) is 1.40. The van der Waals surface area contributed by atoms with Crippen LogP contribution in [-0.2, 0) is 21.3 Å². The van der Waals surface area contributed by atoms with Crippen molar-refractivity contribution in [3.05, 3.63) is 24.5 Å². The van der Waals surface area contributed by atoms with Crippen LogP contribution in [0.3, 0.4) is 0 Å². The number of aryl methyl sites for hydroxylation is 1. The van der Waals surface area contributed by atoms with Gasteiger partial charge in [-0.1, -0.05) is 0 Å². The summed E-state index contributed by atoms with van der Waals surface area (Å²) < 4.78 is 46.8. The second-order valence-corrected chi connectivity index (χ2v) is 7.50. The first-order chi connectivity index (χ1) is 15.8. The van der Waals surface area contributed by atoms with Gasteiger partial charge in [0.25, 0.3) is 11.1 Å². The molecule has 32 heavy (non-hydrogen) atoms. The number of pyridine rings is 1. The number of hydrogen-bond donors (Lipinski definition) is 0. The summed E-state index contributed by atoms with van der Waals surface area (Å²) in [6.45, 7) is 3.57. The maximum absolute atomic E-state index is 5.71. The molecule has 174 valence electrons. The number of ether oxygens (including phenoxy) is 6. The van der Waals surface area contributed by atoms with Crippen molar-refractivity contribution in [1.29, 1.82) is 0 Å². The fraction of sp³-hybridized carbons (Fsp3) is 0.526. The monoisotopic (exact) mass is 484 g/mol. The van der Waals surface area contributed by atoms with Gasteiger partial charge in [0.05, 0.1) is 64.0 Å². The Bertz CT molecular complexity index is 925. The van der Waals surface area contributed by atoms with E-state index in [2.05, 4.69) is 18.1 Å². The molecule has 0 N–H and O–H groups in total. The Hall–Kier alpha value is -2.45. The van der Waals surface area contributed by atoms with Gasteiger partial charge in [0, 0.05) is 17.6 Å². The fourth-order valence-corrected chi connectivity index (χ4v) is 3.49. The van der Waals surface area contributed by atoms with Crippen LogP contribution in [0.5, 0.6) is 17.1 Å². The summed E-state index contributed by atoms with van der Waals surface area (Å²) in [6, 6.07) is 4.24. The average molecular weight is 485 g/mol. The summed E-state index contributed by atoms with van der Waals surface area (Å²) in [5, 5.41) is 0.458. The van der Waals surface area contributed by atoms with Gasteiger partial charge < -0.3 is 28.4 Å². The lowest BCUT2D eigenvalue weighted by Crippen LogP contribution is -2.26. The van der Waals surface area contributed by atoms with Crippen molar-refractivity contribution < 1.29 is 33.0 Å². The minimum atomic E-state index is 0.305. The van der Waals surface area contributed by atoms with Gasteiger partial charge in [-0.3, -0.25) is 0 Å². The first-order valence-corrected chi connectivity index (χ1v) is 11.4. The summed E-state index contributed by atoms with van der Waals surface area (Å²) in [4.78, 5) is 4.01. The van der Waals surface area contributed by atoms with Crippen LogP contribution in [0.2, 0.25) is 0 Å². The molecule has 0 atom stereocenters. The molecule has 3 aromatic heterocycles. The average Bonchev–Trinajstić information content (AvgIpc) is 3.46. The quantitative estimate of drug-likeness (QED) is 0.218. The Balaban J connectivity index is 1.15. The molecule has 0 bridgehead atoms. The van der Waals surface area contributed by atoms with Gasteiger partial charge in [0.15, 0.2) is 18.1 Å². The normalized spacial score (nSPS) is 10.9. The highest BCUT2D eigenvalue weighted by atomic mass is 32.1. The second-order valence-electron chi connectivity index (χ2n) is 6.26. The summed E-state index contributed by atoms with van der Waals surface area (Å²) in [5.74, 6) is 0.521. The summed E-state index contributed by atoms with van der Waals surface area (Å²) in [5.41, 5.74) is 1.70. The molecule has 0 unspecified atom stereocenters. The highest BCUT2D eigenvalue weighted by molar-refractivity contribution is 7.07. The second kappa shape index (κ2) is 13.9. The third-order valence-corrected chi connectivity index (χ3v) is 5.03. The van der Waals surface area contributed by atoms with Crippen LogP contribution < -0.4 is 18.8 Å². The summed E-state index contributed by atoms with van der Waals surface area (Å²) in [6.07, 6.45) is 3.93. The zero-order chi connectivity index (χ0) is 22.4. The van der Waals surface area contributed by atoms with Gasteiger partial charge in [-0.2, -0.15) is 4.37 Å². The van der Waals surface area contributed by atoms with Gasteiger partial charge in [0.1, 0.15) is 20.3 Å². The molecule has 0 aliphatic heterocycles. The molecule has 0 saturated heterocycles. The Kier molecular flexibility index (Phi) is 10.5. The van der Waals surface area contributed by atoms with Crippen molar-refractivity contribution in [1.82, 2.24) is 18.1 Å². The molecule has 0 saturated carbocycles. The molecule has 0 radical (unpaired) electrons. The van der Waals surface area contributed by atoms with Crippen LogP contribution >= 0.6 is 23.3 Å². The smallest absolute Gasteiger partial charge is 0.331 e. The minimum Gasteiger partial charge on any atom is -0.473 e. The van der Waals surface area contributed by atoms with E-state index in [0.29, 0.717) is 69.9 Å². The maximum Gasteiger partial charge on any atom is 0.331 e. The molecule has 0 amide bonds. The lowest BCUT2D eigenvalue weighted by atomic mass is 10.2. The van der Waals surface area contributed by atoms with Crippen LogP contribution in [-0.4, -0.2) is 78.1 Å². The highest BCUT2D eigenvalue weighted by Crippen LogP contribution is 2.26. The van der Waals surface area contributed by atoms with Crippen molar-refractivity contribution in [2.75, 3.05) is 60.0 Å². The lowest BCUT2D eigenvalue weighted by molar-refractivity contribution is -0.671. The number of rotatable bonds is 16. The molecule has 0 aliphatic rings. The molecule has 0 aliphatic carbocycles. The molecular formula is C19H26N5O6S2+. The van der Waals surface area contributed by atoms with Crippen molar-refractivity contribution in [2.24, 2.45) is 7.05 Å². The van der Waals surface area contributed by atoms with Gasteiger partial charge in [0.2, 0.25) is 0 Å². The Morgan fingerprint density at radius 3 is 2.22 bits per heavy atom. The molecule has 11 nitrogen and oxygen atoms in total. The highest BCUT2D eigenvalue weighted by Gasteiger charge is 2.14. The first kappa shape index (κ1) is 24.2. The summed E-state index contributed by atoms with van der Waals surface area (Å²) in [7, 11) is 3.47. The largest absolute Gasteiger partial charge is 0.473 e. The third-order valence-electron chi connectivity index (χ3n) is 3.91. The molecule has 3 aromatic rings. The SMILES string of the molecule is COc1nsc(OCCOCCOCCOCCOc2nsnc2-c2ccc[n+](C)c2)n1. The van der Waals surface area contributed by atoms with Crippen LogP contribution in [0.1, 0.15) is 0 Å². The van der Waals surface area contributed by atoms with Gasteiger partial charge >= 0.3 is 6.01 Å².